The Hall–Kier alpha value is -3.53. The highest BCUT2D eigenvalue weighted by molar-refractivity contribution is 5.71. The molecule has 29 heavy (non-hydrogen) atoms. The summed E-state index contributed by atoms with van der Waals surface area (Å²) in [6.45, 7) is 0.330. The number of rotatable bonds is 5. The quantitative estimate of drug-likeness (QED) is 0.356. The monoisotopic (exact) mass is 390 g/mol. The van der Waals surface area contributed by atoms with Crippen molar-refractivity contribution in [2.75, 3.05) is 0 Å². The highest BCUT2D eigenvalue weighted by atomic mass is 19.1. The summed E-state index contributed by atoms with van der Waals surface area (Å²) in [7, 11) is 0. The van der Waals surface area contributed by atoms with Gasteiger partial charge in [-0.25, -0.2) is 13.2 Å². The van der Waals surface area contributed by atoms with E-state index in [1.54, 1.807) is 24.3 Å². The zero-order valence-electron chi connectivity index (χ0n) is 15.4. The van der Waals surface area contributed by atoms with Crippen LogP contribution in [-0.2, 0) is 6.61 Å². The van der Waals surface area contributed by atoms with Crippen LogP contribution in [0.1, 0.15) is 5.56 Å². The van der Waals surface area contributed by atoms with Crippen LogP contribution in [0.2, 0.25) is 0 Å². The van der Waals surface area contributed by atoms with Crippen LogP contribution in [0, 0.1) is 17.5 Å². The normalized spacial score (nSPS) is 10.7. The number of halogens is 3. The molecule has 4 rings (SSSR count). The molecule has 0 heterocycles. The third-order valence-corrected chi connectivity index (χ3v) is 4.60. The number of hydrogen-bond donors (Lipinski definition) is 0. The number of ether oxygens (including phenoxy) is 1. The summed E-state index contributed by atoms with van der Waals surface area (Å²) >= 11 is 0. The van der Waals surface area contributed by atoms with Gasteiger partial charge in [0, 0.05) is 17.2 Å². The SMILES string of the molecule is Fc1cccc(-c2ccc(-c3ccc(OCc4ccccc4)cc3F)cc2F)c1. The van der Waals surface area contributed by atoms with E-state index in [1.807, 2.05) is 30.3 Å². The van der Waals surface area contributed by atoms with Gasteiger partial charge in [-0.15, -0.1) is 0 Å². The zero-order valence-corrected chi connectivity index (χ0v) is 15.4. The molecule has 0 saturated carbocycles. The number of benzene rings is 4. The fourth-order valence-electron chi connectivity index (χ4n) is 3.13. The lowest BCUT2D eigenvalue weighted by Gasteiger charge is -2.10. The predicted molar refractivity (Wildman–Crippen MR) is 108 cm³/mol. The van der Waals surface area contributed by atoms with Gasteiger partial charge in [-0.2, -0.15) is 0 Å². The molecule has 0 spiro atoms. The first-order valence-corrected chi connectivity index (χ1v) is 9.12. The summed E-state index contributed by atoms with van der Waals surface area (Å²) in [5.74, 6) is -1.10. The second-order valence-corrected chi connectivity index (χ2v) is 6.62. The van der Waals surface area contributed by atoms with Crippen LogP contribution in [0.4, 0.5) is 13.2 Å². The molecular weight excluding hydrogens is 373 g/mol. The van der Waals surface area contributed by atoms with Crippen molar-refractivity contribution in [3.8, 4) is 28.0 Å². The summed E-state index contributed by atoms with van der Waals surface area (Å²) in [6, 6.07) is 24.2. The molecule has 0 aliphatic heterocycles. The minimum atomic E-state index is -0.545. The van der Waals surface area contributed by atoms with Gasteiger partial charge in [0.15, 0.2) is 0 Å². The Labute approximate surface area is 167 Å². The summed E-state index contributed by atoms with van der Waals surface area (Å²) in [6.07, 6.45) is 0. The first-order chi connectivity index (χ1) is 14.1. The summed E-state index contributed by atoms with van der Waals surface area (Å²) < 4.78 is 48.3. The maximum atomic E-state index is 14.6. The van der Waals surface area contributed by atoms with Gasteiger partial charge in [-0.05, 0) is 47.0 Å². The average Bonchev–Trinajstić information content (AvgIpc) is 2.73. The van der Waals surface area contributed by atoms with E-state index >= 15 is 0 Å². The van der Waals surface area contributed by atoms with E-state index < -0.39 is 17.5 Å². The molecule has 0 fully saturated rings. The molecule has 0 aromatic heterocycles. The number of hydrogen-bond acceptors (Lipinski definition) is 1. The average molecular weight is 390 g/mol. The van der Waals surface area contributed by atoms with E-state index in [2.05, 4.69) is 0 Å². The first-order valence-electron chi connectivity index (χ1n) is 9.12. The molecule has 0 N–H and O–H groups in total. The Balaban J connectivity index is 1.56. The van der Waals surface area contributed by atoms with Crippen molar-refractivity contribution in [3.05, 3.63) is 114 Å². The maximum Gasteiger partial charge on any atom is 0.134 e. The highest BCUT2D eigenvalue weighted by Crippen LogP contribution is 2.31. The minimum absolute atomic E-state index is 0.261. The van der Waals surface area contributed by atoms with Gasteiger partial charge >= 0.3 is 0 Å². The Morgan fingerprint density at radius 3 is 1.97 bits per heavy atom. The van der Waals surface area contributed by atoms with Crippen LogP contribution >= 0.6 is 0 Å². The molecule has 0 amide bonds. The maximum absolute atomic E-state index is 14.6. The van der Waals surface area contributed by atoms with Crippen molar-refractivity contribution in [3.63, 3.8) is 0 Å². The van der Waals surface area contributed by atoms with E-state index in [-0.39, 0.29) is 11.1 Å². The molecule has 4 aromatic rings. The Morgan fingerprint density at radius 1 is 0.586 bits per heavy atom. The van der Waals surface area contributed by atoms with Crippen LogP contribution in [-0.4, -0.2) is 0 Å². The van der Waals surface area contributed by atoms with Gasteiger partial charge in [-0.3, -0.25) is 0 Å². The van der Waals surface area contributed by atoms with Crippen LogP contribution in [0.5, 0.6) is 5.75 Å². The molecule has 4 heteroatoms. The summed E-state index contributed by atoms with van der Waals surface area (Å²) in [5, 5.41) is 0. The second-order valence-electron chi connectivity index (χ2n) is 6.62. The molecule has 0 aliphatic rings. The highest BCUT2D eigenvalue weighted by Gasteiger charge is 2.12. The Morgan fingerprint density at radius 2 is 1.28 bits per heavy atom. The molecule has 4 aromatic carbocycles. The van der Waals surface area contributed by atoms with Gasteiger partial charge in [-0.1, -0.05) is 54.6 Å². The molecule has 0 unspecified atom stereocenters. The van der Waals surface area contributed by atoms with Gasteiger partial charge < -0.3 is 4.74 Å². The first kappa shape index (κ1) is 18.8. The lowest BCUT2D eigenvalue weighted by atomic mass is 9.99. The lowest BCUT2D eigenvalue weighted by Crippen LogP contribution is -1.96. The van der Waals surface area contributed by atoms with Crippen molar-refractivity contribution < 1.29 is 17.9 Å². The van der Waals surface area contributed by atoms with Gasteiger partial charge in [0.05, 0.1) is 0 Å². The lowest BCUT2D eigenvalue weighted by molar-refractivity contribution is 0.304. The summed E-state index contributed by atoms with van der Waals surface area (Å²) in [5.41, 5.74) is 2.33. The topological polar surface area (TPSA) is 9.23 Å². The fraction of sp³-hybridized carbons (Fsp3) is 0.0400. The third-order valence-electron chi connectivity index (χ3n) is 4.60. The van der Waals surface area contributed by atoms with Crippen molar-refractivity contribution in [1.29, 1.82) is 0 Å². The van der Waals surface area contributed by atoms with Crippen molar-refractivity contribution >= 4 is 0 Å². The molecule has 1 nitrogen and oxygen atoms in total. The van der Waals surface area contributed by atoms with E-state index in [1.165, 1.54) is 36.4 Å². The van der Waals surface area contributed by atoms with Gasteiger partial charge in [0.25, 0.3) is 0 Å². The van der Waals surface area contributed by atoms with Crippen LogP contribution in [0.3, 0.4) is 0 Å². The van der Waals surface area contributed by atoms with E-state index in [4.69, 9.17) is 4.74 Å². The van der Waals surface area contributed by atoms with Crippen LogP contribution in [0.25, 0.3) is 22.3 Å². The Bertz CT molecular complexity index is 1140. The molecule has 0 radical (unpaired) electrons. The summed E-state index contributed by atoms with van der Waals surface area (Å²) in [4.78, 5) is 0. The van der Waals surface area contributed by atoms with Gasteiger partial charge in [0.1, 0.15) is 29.8 Å². The molecular formula is C25H17F3O. The molecule has 0 atom stereocenters. The largest absolute Gasteiger partial charge is 0.489 e. The smallest absolute Gasteiger partial charge is 0.134 e. The van der Waals surface area contributed by atoms with E-state index in [9.17, 15) is 13.2 Å². The van der Waals surface area contributed by atoms with E-state index in [0.29, 0.717) is 23.5 Å². The van der Waals surface area contributed by atoms with Crippen LogP contribution < -0.4 is 4.74 Å². The standard InChI is InChI=1S/C25H17F3O/c26-20-8-4-7-18(13-20)22-11-9-19(14-24(22)27)23-12-10-21(15-25(23)28)29-16-17-5-2-1-3-6-17/h1-15H,16H2. The fourth-order valence-corrected chi connectivity index (χ4v) is 3.13. The molecule has 144 valence electrons. The van der Waals surface area contributed by atoms with Gasteiger partial charge in [0.2, 0.25) is 0 Å². The minimum Gasteiger partial charge on any atom is -0.489 e. The molecule has 0 bridgehead atoms. The molecule has 0 aliphatic carbocycles. The second kappa shape index (κ2) is 8.23. The van der Waals surface area contributed by atoms with Crippen molar-refractivity contribution in [2.24, 2.45) is 0 Å². The van der Waals surface area contributed by atoms with E-state index in [0.717, 1.165) is 5.56 Å². The predicted octanol–water partition coefficient (Wildman–Crippen LogP) is 7.02. The Kier molecular flexibility index (Phi) is 5.34. The third kappa shape index (κ3) is 4.32. The van der Waals surface area contributed by atoms with Crippen LogP contribution in [0.15, 0.2) is 91.0 Å². The van der Waals surface area contributed by atoms with Crippen molar-refractivity contribution in [2.45, 2.75) is 6.61 Å². The molecule has 0 saturated heterocycles. The zero-order chi connectivity index (χ0) is 20.2. The van der Waals surface area contributed by atoms with Crippen molar-refractivity contribution in [1.82, 2.24) is 0 Å².